The highest BCUT2D eigenvalue weighted by molar-refractivity contribution is 5.97. The molecule has 2 aromatic rings. The predicted octanol–water partition coefficient (Wildman–Crippen LogP) is 3.78. The number of nitrogens with zero attached hydrogens (tertiary/aromatic N) is 2. The standard InChI is InChI=1S/C28H31F5N4O5/c1-14-21(18-5-6-19(29)22(30)23(18)41-10-9-37-16-3-4-17(37)13-40-12-16)24(42-27(14,2)28(31,32)33)26(39)36-15-7-8-35-20(11-15)25(34)38/h5-8,11,14,16-17,21,24H,3-4,9-10,12-13H2,1-2H3,(H2,34,38)(H,35,36,39)/t14-,16?,17?,21-,24+,27+/m0/s1. The van der Waals surface area contributed by atoms with Gasteiger partial charge in [0.05, 0.1) is 13.2 Å². The van der Waals surface area contributed by atoms with Gasteiger partial charge in [-0.3, -0.25) is 19.5 Å². The summed E-state index contributed by atoms with van der Waals surface area (Å²) in [6.45, 7) is 3.46. The van der Waals surface area contributed by atoms with Gasteiger partial charge in [0.2, 0.25) is 5.82 Å². The molecule has 6 atom stereocenters. The third kappa shape index (κ3) is 5.42. The number of ether oxygens (including phenoxy) is 3. The predicted molar refractivity (Wildman–Crippen MR) is 139 cm³/mol. The van der Waals surface area contributed by atoms with E-state index in [0.717, 1.165) is 38.0 Å². The molecule has 3 N–H and O–H groups in total. The van der Waals surface area contributed by atoms with Crippen LogP contribution in [0.1, 0.15) is 48.7 Å². The van der Waals surface area contributed by atoms with Gasteiger partial charge in [0.25, 0.3) is 11.8 Å². The van der Waals surface area contributed by atoms with Crippen molar-refractivity contribution >= 4 is 17.5 Å². The Labute approximate surface area is 238 Å². The SMILES string of the molecule is C[C@H]1[C@@H](c2ccc(F)c(F)c2OCCN2C3CCC2COC3)[C@H](C(=O)Nc2ccnc(C(N)=O)c2)O[C@@]1(C)C(F)(F)F. The second-order valence-corrected chi connectivity index (χ2v) is 11.0. The van der Waals surface area contributed by atoms with E-state index in [9.17, 15) is 27.2 Å². The third-order valence-electron chi connectivity index (χ3n) is 8.63. The Bertz CT molecular complexity index is 1340. The number of hydrogen-bond donors (Lipinski definition) is 2. The van der Waals surface area contributed by atoms with Crippen LogP contribution < -0.4 is 15.8 Å². The molecule has 2 unspecified atom stereocenters. The van der Waals surface area contributed by atoms with E-state index in [2.05, 4.69) is 15.2 Å². The van der Waals surface area contributed by atoms with E-state index >= 15 is 4.39 Å². The molecule has 0 saturated carbocycles. The van der Waals surface area contributed by atoms with Crippen LogP contribution in [0.5, 0.6) is 5.75 Å². The molecule has 3 aliphatic heterocycles. The van der Waals surface area contributed by atoms with E-state index in [1.807, 2.05) is 0 Å². The van der Waals surface area contributed by atoms with Crippen LogP contribution in [0.4, 0.5) is 27.6 Å². The number of benzene rings is 1. The van der Waals surface area contributed by atoms with Crippen molar-refractivity contribution in [3.63, 3.8) is 0 Å². The number of pyridine rings is 1. The molecule has 14 heteroatoms. The van der Waals surface area contributed by atoms with E-state index in [1.165, 1.54) is 19.2 Å². The number of primary amides is 1. The summed E-state index contributed by atoms with van der Waals surface area (Å²) >= 11 is 0. The first kappa shape index (κ1) is 30.1. The van der Waals surface area contributed by atoms with Crippen LogP contribution in [0, 0.1) is 17.6 Å². The van der Waals surface area contributed by atoms with Crippen molar-refractivity contribution in [3.8, 4) is 5.75 Å². The second kappa shape index (κ2) is 11.4. The zero-order valence-electron chi connectivity index (χ0n) is 22.9. The minimum atomic E-state index is -4.91. The number of nitrogens with two attached hydrogens (primary N) is 1. The Morgan fingerprint density at radius 2 is 1.88 bits per heavy atom. The fourth-order valence-corrected chi connectivity index (χ4v) is 6.17. The molecule has 42 heavy (non-hydrogen) atoms. The molecule has 0 aliphatic carbocycles. The smallest absolute Gasteiger partial charge is 0.417 e. The topological polar surface area (TPSA) is 116 Å². The van der Waals surface area contributed by atoms with Gasteiger partial charge in [0.1, 0.15) is 18.4 Å². The summed E-state index contributed by atoms with van der Waals surface area (Å²) in [6.07, 6.45) is -3.64. The van der Waals surface area contributed by atoms with Crippen molar-refractivity contribution in [2.75, 3.05) is 31.7 Å². The van der Waals surface area contributed by atoms with Crippen LogP contribution in [0.25, 0.3) is 0 Å². The quantitative estimate of drug-likeness (QED) is 0.445. The Morgan fingerprint density at radius 3 is 2.52 bits per heavy atom. The van der Waals surface area contributed by atoms with Gasteiger partial charge in [-0.05, 0) is 38.0 Å². The maximum atomic E-state index is 15.2. The lowest BCUT2D eigenvalue weighted by Crippen LogP contribution is -2.47. The van der Waals surface area contributed by atoms with Gasteiger partial charge in [-0.2, -0.15) is 17.6 Å². The molecule has 1 aromatic heterocycles. The molecular weight excluding hydrogens is 567 g/mol. The Hall–Kier alpha value is -3.36. The second-order valence-electron chi connectivity index (χ2n) is 11.0. The lowest BCUT2D eigenvalue weighted by molar-refractivity contribution is -0.272. The largest absolute Gasteiger partial charge is 0.489 e. The monoisotopic (exact) mass is 598 g/mol. The van der Waals surface area contributed by atoms with Crippen LogP contribution in [-0.2, 0) is 14.3 Å². The molecule has 4 heterocycles. The number of nitrogens with one attached hydrogen (secondary N) is 1. The first-order valence-corrected chi connectivity index (χ1v) is 13.6. The van der Waals surface area contributed by atoms with Gasteiger partial charge in [0, 0.05) is 47.9 Å². The number of anilines is 1. The van der Waals surface area contributed by atoms with Crippen LogP contribution in [0.2, 0.25) is 0 Å². The van der Waals surface area contributed by atoms with Gasteiger partial charge < -0.3 is 25.3 Å². The first-order chi connectivity index (χ1) is 19.8. The zero-order valence-corrected chi connectivity index (χ0v) is 22.9. The summed E-state index contributed by atoms with van der Waals surface area (Å²) < 4.78 is 89.4. The van der Waals surface area contributed by atoms with Crippen LogP contribution in [-0.4, -0.2) is 78.0 Å². The molecule has 5 rings (SSSR count). The number of fused-ring (bicyclic) bond motifs is 2. The van der Waals surface area contributed by atoms with Crippen LogP contribution >= 0.6 is 0 Å². The number of alkyl halides is 3. The third-order valence-corrected chi connectivity index (χ3v) is 8.63. The lowest BCUT2D eigenvalue weighted by atomic mass is 9.77. The van der Waals surface area contributed by atoms with E-state index in [0.29, 0.717) is 19.8 Å². The highest BCUT2D eigenvalue weighted by Crippen LogP contribution is 2.55. The highest BCUT2D eigenvalue weighted by Gasteiger charge is 2.66. The maximum absolute atomic E-state index is 15.2. The molecule has 1 aromatic carbocycles. The summed E-state index contributed by atoms with van der Waals surface area (Å²) in [4.78, 5) is 30.9. The molecule has 3 fully saturated rings. The number of amides is 2. The fraction of sp³-hybridized carbons (Fsp3) is 0.536. The average Bonchev–Trinajstić information content (AvgIpc) is 3.33. The molecule has 0 spiro atoms. The molecule has 9 nitrogen and oxygen atoms in total. The number of rotatable bonds is 8. The summed E-state index contributed by atoms with van der Waals surface area (Å²) in [5.74, 6) is -7.88. The van der Waals surface area contributed by atoms with E-state index in [4.69, 9.17) is 19.9 Å². The molecule has 3 saturated heterocycles. The van der Waals surface area contributed by atoms with Crippen molar-refractivity contribution in [1.82, 2.24) is 9.88 Å². The van der Waals surface area contributed by atoms with Crippen molar-refractivity contribution in [1.29, 1.82) is 0 Å². The lowest BCUT2D eigenvalue weighted by Gasteiger charge is -2.34. The van der Waals surface area contributed by atoms with E-state index in [1.54, 1.807) is 0 Å². The van der Waals surface area contributed by atoms with E-state index < -0.39 is 58.9 Å². The number of halogens is 5. The van der Waals surface area contributed by atoms with Gasteiger partial charge in [-0.25, -0.2) is 4.39 Å². The van der Waals surface area contributed by atoms with Crippen molar-refractivity contribution in [2.24, 2.45) is 11.7 Å². The Balaban J connectivity index is 1.46. The Morgan fingerprint density at radius 1 is 1.19 bits per heavy atom. The van der Waals surface area contributed by atoms with Gasteiger partial charge in [0.15, 0.2) is 17.2 Å². The maximum Gasteiger partial charge on any atom is 0.417 e. The molecule has 0 radical (unpaired) electrons. The summed E-state index contributed by atoms with van der Waals surface area (Å²) in [5, 5.41) is 2.43. The summed E-state index contributed by atoms with van der Waals surface area (Å²) in [7, 11) is 0. The Kier molecular flexibility index (Phi) is 8.16. The molecule has 2 bridgehead atoms. The molecule has 228 valence electrons. The van der Waals surface area contributed by atoms with E-state index in [-0.39, 0.29) is 35.6 Å². The van der Waals surface area contributed by atoms with Crippen molar-refractivity contribution in [2.45, 2.75) is 62.6 Å². The zero-order chi connectivity index (χ0) is 30.4. The van der Waals surface area contributed by atoms with Gasteiger partial charge in [-0.1, -0.05) is 13.0 Å². The normalized spacial score (nSPS) is 29.5. The number of carbonyl (C=O) groups excluding carboxylic acids is 2. The highest BCUT2D eigenvalue weighted by atomic mass is 19.4. The minimum Gasteiger partial charge on any atom is -0.489 e. The van der Waals surface area contributed by atoms with Gasteiger partial charge >= 0.3 is 6.18 Å². The first-order valence-electron chi connectivity index (χ1n) is 13.6. The van der Waals surface area contributed by atoms with Crippen molar-refractivity contribution < 1.29 is 45.8 Å². The average molecular weight is 599 g/mol. The minimum absolute atomic E-state index is 0.0290. The molecule has 3 aliphatic rings. The summed E-state index contributed by atoms with van der Waals surface area (Å²) in [5.41, 5.74) is 2.13. The van der Waals surface area contributed by atoms with Crippen LogP contribution in [0.15, 0.2) is 30.5 Å². The van der Waals surface area contributed by atoms with Crippen LogP contribution in [0.3, 0.4) is 0 Å². The number of hydrogen-bond acceptors (Lipinski definition) is 7. The van der Waals surface area contributed by atoms with Gasteiger partial charge in [-0.15, -0.1) is 0 Å². The summed E-state index contributed by atoms with van der Waals surface area (Å²) in [6, 6.07) is 4.73. The number of morpholine rings is 1. The molecular formula is C28H31F5N4O5. The fourth-order valence-electron chi connectivity index (χ4n) is 6.17. The molecule has 2 amide bonds. The van der Waals surface area contributed by atoms with Crippen molar-refractivity contribution in [3.05, 3.63) is 53.4 Å². The number of aromatic nitrogens is 1. The number of carbonyl (C=O) groups is 2.